The van der Waals surface area contributed by atoms with Crippen molar-refractivity contribution in [3.63, 3.8) is 0 Å². The zero-order valence-electron chi connectivity index (χ0n) is 7.87. The molecule has 0 bridgehead atoms. The molecule has 0 spiro atoms. The van der Waals surface area contributed by atoms with Crippen LogP contribution in [-0.2, 0) is 0 Å². The van der Waals surface area contributed by atoms with E-state index in [-0.39, 0.29) is 5.82 Å². The van der Waals surface area contributed by atoms with Gasteiger partial charge in [0, 0.05) is 6.04 Å². The van der Waals surface area contributed by atoms with E-state index in [0.717, 1.165) is 5.82 Å². The average molecular weight is 212 g/mol. The maximum Gasteiger partial charge on any atom is 0.141 e. The summed E-state index contributed by atoms with van der Waals surface area (Å²) in [7, 11) is 0. The smallest absolute Gasteiger partial charge is 0.141 e. The van der Waals surface area contributed by atoms with Crippen LogP contribution in [0, 0.1) is 5.82 Å². The molecule has 4 heteroatoms. The van der Waals surface area contributed by atoms with Crippen molar-refractivity contribution in [2.75, 3.05) is 16.8 Å². The molecule has 1 aromatic rings. The molecule has 1 aliphatic heterocycles. The van der Waals surface area contributed by atoms with Gasteiger partial charge in [-0.3, -0.25) is 0 Å². The number of nitrogens with one attached hydrogen (secondary N) is 1. The van der Waals surface area contributed by atoms with Crippen molar-refractivity contribution in [1.82, 2.24) is 4.98 Å². The van der Waals surface area contributed by atoms with Crippen LogP contribution in [0.2, 0.25) is 0 Å². The Balaban J connectivity index is 1.92. The predicted octanol–water partition coefficient (Wildman–Crippen LogP) is 2.53. The predicted molar refractivity (Wildman–Crippen MR) is 58.2 cm³/mol. The molecule has 2 heterocycles. The Morgan fingerprint density at radius 3 is 2.79 bits per heavy atom. The van der Waals surface area contributed by atoms with Crippen molar-refractivity contribution < 1.29 is 4.39 Å². The van der Waals surface area contributed by atoms with Crippen LogP contribution in [-0.4, -0.2) is 22.5 Å². The maximum atomic E-state index is 12.6. The minimum atomic E-state index is -0.283. The second-order valence-electron chi connectivity index (χ2n) is 3.39. The highest BCUT2D eigenvalue weighted by atomic mass is 32.2. The van der Waals surface area contributed by atoms with E-state index in [4.69, 9.17) is 0 Å². The SMILES string of the molecule is Fc1ccc(NC2CCSCC2)nc1. The third-order valence-corrected chi connectivity index (χ3v) is 3.35. The first-order chi connectivity index (χ1) is 6.84. The molecule has 0 amide bonds. The van der Waals surface area contributed by atoms with Crippen LogP contribution in [0.1, 0.15) is 12.8 Å². The van der Waals surface area contributed by atoms with Crippen molar-refractivity contribution in [1.29, 1.82) is 0 Å². The molecule has 1 aromatic heterocycles. The fraction of sp³-hybridized carbons (Fsp3) is 0.500. The molecule has 14 heavy (non-hydrogen) atoms. The number of hydrogen-bond acceptors (Lipinski definition) is 3. The van der Waals surface area contributed by atoms with Gasteiger partial charge in [-0.1, -0.05) is 0 Å². The quantitative estimate of drug-likeness (QED) is 0.815. The summed E-state index contributed by atoms with van der Waals surface area (Å²) < 4.78 is 12.6. The van der Waals surface area contributed by atoms with Gasteiger partial charge in [-0.15, -0.1) is 0 Å². The topological polar surface area (TPSA) is 24.9 Å². The minimum Gasteiger partial charge on any atom is -0.367 e. The van der Waals surface area contributed by atoms with Gasteiger partial charge in [0.15, 0.2) is 0 Å². The number of halogens is 1. The monoisotopic (exact) mass is 212 g/mol. The molecule has 1 saturated heterocycles. The second kappa shape index (κ2) is 4.64. The molecule has 0 saturated carbocycles. The lowest BCUT2D eigenvalue weighted by molar-refractivity contribution is 0.619. The van der Waals surface area contributed by atoms with E-state index in [1.165, 1.54) is 36.6 Å². The molecule has 1 aliphatic rings. The van der Waals surface area contributed by atoms with Gasteiger partial charge >= 0.3 is 0 Å². The highest BCUT2D eigenvalue weighted by molar-refractivity contribution is 7.99. The highest BCUT2D eigenvalue weighted by Gasteiger charge is 2.13. The number of rotatable bonds is 2. The third kappa shape index (κ3) is 2.61. The van der Waals surface area contributed by atoms with E-state index < -0.39 is 0 Å². The maximum absolute atomic E-state index is 12.6. The third-order valence-electron chi connectivity index (χ3n) is 2.30. The Labute approximate surface area is 87.3 Å². The average Bonchev–Trinajstić information content (AvgIpc) is 2.23. The van der Waals surface area contributed by atoms with Crippen molar-refractivity contribution >= 4 is 17.6 Å². The van der Waals surface area contributed by atoms with Crippen LogP contribution < -0.4 is 5.32 Å². The minimum absolute atomic E-state index is 0.283. The fourth-order valence-corrected chi connectivity index (χ4v) is 2.62. The van der Waals surface area contributed by atoms with Crippen LogP contribution >= 0.6 is 11.8 Å². The lowest BCUT2D eigenvalue weighted by Gasteiger charge is -2.22. The summed E-state index contributed by atoms with van der Waals surface area (Å²) in [6.45, 7) is 0. The Bertz CT molecular complexity index is 283. The molecule has 76 valence electrons. The van der Waals surface area contributed by atoms with Gasteiger partial charge < -0.3 is 5.32 Å². The van der Waals surface area contributed by atoms with Crippen LogP contribution in [0.15, 0.2) is 18.3 Å². The highest BCUT2D eigenvalue weighted by Crippen LogP contribution is 2.19. The Morgan fingerprint density at radius 1 is 1.36 bits per heavy atom. The van der Waals surface area contributed by atoms with Gasteiger partial charge in [-0.2, -0.15) is 11.8 Å². The standard InChI is InChI=1S/C10H13FN2S/c11-8-1-2-10(12-7-8)13-9-3-5-14-6-4-9/h1-2,7,9H,3-6H2,(H,12,13). The molecule has 0 aromatic carbocycles. The summed E-state index contributed by atoms with van der Waals surface area (Å²) in [5, 5.41) is 3.32. The number of anilines is 1. The second-order valence-corrected chi connectivity index (χ2v) is 4.62. The first kappa shape index (κ1) is 9.77. The molecule has 1 fully saturated rings. The fourth-order valence-electron chi connectivity index (χ4n) is 1.51. The van der Waals surface area contributed by atoms with E-state index in [9.17, 15) is 4.39 Å². The number of aromatic nitrogens is 1. The summed E-state index contributed by atoms with van der Waals surface area (Å²) in [5.41, 5.74) is 0. The van der Waals surface area contributed by atoms with Crippen LogP contribution in [0.25, 0.3) is 0 Å². The molecule has 0 atom stereocenters. The zero-order chi connectivity index (χ0) is 9.80. The number of nitrogens with zero attached hydrogens (tertiary/aromatic N) is 1. The van der Waals surface area contributed by atoms with Crippen LogP contribution in [0.3, 0.4) is 0 Å². The Kier molecular flexibility index (Phi) is 3.24. The van der Waals surface area contributed by atoms with Gasteiger partial charge in [0.2, 0.25) is 0 Å². The normalized spacial score (nSPS) is 18.1. The van der Waals surface area contributed by atoms with Gasteiger partial charge in [-0.05, 0) is 36.5 Å². The summed E-state index contributed by atoms with van der Waals surface area (Å²) in [5.74, 6) is 2.91. The van der Waals surface area contributed by atoms with Gasteiger partial charge in [0.25, 0.3) is 0 Å². The van der Waals surface area contributed by atoms with Gasteiger partial charge in [0.1, 0.15) is 11.6 Å². The van der Waals surface area contributed by atoms with Crippen LogP contribution in [0.5, 0.6) is 0 Å². The van der Waals surface area contributed by atoms with E-state index in [1.54, 1.807) is 6.07 Å². The lowest BCUT2D eigenvalue weighted by Crippen LogP contribution is -2.24. The van der Waals surface area contributed by atoms with Crippen molar-refractivity contribution in [3.05, 3.63) is 24.1 Å². The molecule has 2 nitrogen and oxygen atoms in total. The number of thioether (sulfide) groups is 1. The molecule has 0 unspecified atom stereocenters. The zero-order valence-corrected chi connectivity index (χ0v) is 8.69. The molecule has 1 N–H and O–H groups in total. The Hall–Kier alpha value is -0.770. The number of pyridine rings is 1. The summed E-state index contributed by atoms with van der Waals surface area (Å²) in [6, 6.07) is 3.64. The lowest BCUT2D eigenvalue weighted by atomic mass is 10.1. The summed E-state index contributed by atoms with van der Waals surface area (Å²) in [4.78, 5) is 3.98. The van der Waals surface area contributed by atoms with Crippen molar-refractivity contribution in [3.8, 4) is 0 Å². The summed E-state index contributed by atoms with van der Waals surface area (Å²) >= 11 is 1.99. The first-order valence-corrected chi connectivity index (χ1v) is 5.96. The van der Waals surface area contributed by atoms with Gasteiger partial charge in [0.05, 0.1) is 6.20 Å². The molecule has 0 aliphatic carbocycles. The largest absolute Gasteiger partial charge is 0.367 e. The number of hydrogen-bond donors (Lipinski definition) is 1. The first-order valence-electron chi connectivity index (χ1n) is 4.80. The van der Waals surface area contributed by atoms with E-state index in [1.807, 2.05) is 11.8 Å². The summed E-state index contributed by atoms with van der Waals surface area (Å²) in [6.07, 6.45) is 3.59. The van der Waals surface area contributed by atoms with Gasteiger partial charge in [-0.25, -0.2) is 9.37 Å². The molecule has 2 rings (SSSR count). The molecular formula is C10H13FN2S. The van der Waals surface area contributed by atoms with Crippen molar-refractivity contribution in [2.45, 2.75) is 18.9 Å². The van der Waals surface area contributed by atoms with E-state index in [2.05, 4.69) is 10.3 Å². The van der Waals surface area contributed by atoms with Crippen LogP contribution in [0.4, 0.5) is 10.2 Å². The van der Waals surface area contributed by atoms with E-state index in [0.29, 0.717) is 6.04 Å². The molecule has 0 radical (unpaired) electrons. The van der Waals surface area contributed by atoms with Crippen molar-refractivity contribution in [2.24, 2.45) is 0 Å². The molecular weight excluding hydrogens is 199 g/mol. The Morgan fingerprint density at radius 2 is 2.14 bits per heavy atom. The van der Waals surface area contributed by atoms with E-state index >= 15 is 0 Å².